The van der Waals surface area contributed by atoms with Gasteiger partial charge in [-0.2, -0.15) is 5.10 Å². The van der Waals surface area contributed by atoms with Crippen LogP contribution in [0.25, 0.3) is 0 Å². The lowest BCUT2D eigenvalue weighted by molar-refractivity contribution is 0.460. The van der Waals surface area contributed by atoms with E-state index in [0.717, 1.165) is 24.0 Å². The molecule has 20 heavy (non-hydrogen) atoms. The summed E-state index contributed by atoms with van der Waals surface area (Å²) in [5, 5.41) is 8.19. The molecule has 1 N–H and O–H groups in total. The van der Waals surface area contributed by atoms with Gasteiger partial charge in [-0.1, -0.05) is 41.1 Å². The Morgan fingerprint density at radius 3 is 3.05 bits per heavy atom. The largest absolute Gasteiger partial charge is 0.310 e. The third kappa shape index (κ3) is 2.67. The van der Waals surface area contributed by atoms with Gasteiger partial charge in [0.2, 0.25) is 0 Å². The molecule has 1 aromatic heterocycles. The molecule has 3 rings (SSSR count). The molecule has 3 nitrogen and oxygen atoms in total. The average Bonchev–Trinajstić information content (AvgIpc) is 2.86. The topological polar surface area (TPSA) is 29.9 Å². The number of rotatable bonds is 4. The molecule has 4 heteroatoms. The highest BCUT2D eigenvalue weighted by molar-refractivity contribution is 9.10. The Labute approximate surface area is 128 Å². The summed E-state index contributed by atoms with van der Waals surface area (Å²) < 4.78 is 3.32. The predicted octanol–water partition coefficient (Wildman–Crippen LogP) is 3.68. The number of nitrogens with one attached hydrogen (secondary N) is 1. The molecule has 0 saturated carbocycles. The first-order chi connectivity index (χ1) is 9.79. The van der Waals surface area contributed by atoms with Gasteiger partial charge >= 0.3 is 0 Å². The van der Waals surface area contributed by atoms with Crippen molar-refractivity contribution in [1.82, 2.24) is 15.1 Å². The van der Waals surface area contributed by atoms with Crippen LogP contribution in [0.1, 0.15) is 42.6 Å². The number of aromatic nitrogens is 2. The van der Waals surface area contributed by atoms with E-state index in [1.54, 1.807) is 0 Å². The van der Waals surface area contributed by atoms with Crippen LogP contribution in [0.5, 0.6) is 0 Å². The van der Waals surface area contributed by atoms with Crippen LogP contribution < -0.4 is 5.32 Å². The molecular weight excluding hydrogens is 314 g/mol. The zero-order chi connectivity index (χ0) is 13.9. The first-order valence-corrected chi connectivity index (χ1v) is 8.10. The van der Waals surface area contributed by atoms with E-state index in [2.05, 4.69) is 62.3 Å². The Hall–Kier alpha value is -1.13. The molecule has 0 fully saturated rings. The maximum atomic E-state index is 4.62. The molecule has 0 radical (unpaired) electrons. The lowest BCUT2D eigenvalue weighted by Gasteiger charge is -2.23. The Bertz CT molecular complexity index is 591. The standard InChI is InChI=1S/C16H20BrN3/c1-2-18-15-8-5-9-16-13(15)10-19-20(16)11-12-6-3-4-7-14(12)17/h3-4,6-7,10,15,18H,2,5,8-9,11H2,1H3. The van der Waals surface area contributed by atoms with Crippen LogP contribution in [0.2, 0.25) is 0 Å². The molecule has 1 unspecified atom stereocenters. The fourth-order valence-electron chi connectivity index (χ4n) is 3.00. The smallest absolute Gasteiger partial charge is 0.0673 e. The number of halogens is 1. The van der Waals surface area contributed by atoms with Gasteiger partial charge in [0.25, 0.3) is 0 Å². The first kappa shape index (κ1) is 13.8. The zero-order valence-corrected chi connectivity index (χ0v) is 13.4. The monoisotopic (exact) mass is 333 g/mol. The molecule has 0 aliphatic heterocycles. The van der Waals surface area contributed by atoms with Gasteiger partial charge in [0, 0.05) is 21.8 Å². The van der Waals surface area contributed by atoms with Gasteiger partial charge in [-0.15, -0.1) is 0 Å². The van der Waals surface area contributed by atoms with Gasteiger partial charge in [0.05, 0.1) is 12.7 Å². The van der Waals surface area contributed by atoms with Gasteiger partial charge in [-0.3, -0.25) is 4.68 Å². The number of benzene rings is 1. The van der Waals surface area contributed by atoms with Crippen molar-refractivity contribution in [3.05, 3.63) is 51.8 Å². The number of hydrogen-bond acceptors (Lipinski definition) is 2. The third-order valence-electron chi connectivity index (χ3n) is 3.99. The molecule has 0 saturated heterocycles. The normalized spacial score (nSPS) is 18.0. The van der Waals surface area contributed by atoms with Crippen LogP contribution in [0.15, 0.2) is 34.9 Å². The Morgan fingerprint density at radius 2 is 2.25 bits per heavy atom. The summed E-state index contributed by atoms with van der Waals surface area (Å²) in [5.41, 5.74) is 4.08. The van der Waals surface area contributed by atoms with Gasteiger partial charge in [-0.05, 0) is 37.4 Å². The quantitative estimate of drug-likeness (QED) is 0.924. The van der Waals surface area contributed by atoms with Crippen LogP contribution >= 0.6 is 15.9 Å². The van der Waals surface area contributed by atoms with Crippen LogP contribution in [0, 0.1) is 0 Å². The minimum Gasteiger partial charge on any atom is -0.310 e. The molecule has 1 aliphatic rings. The molecular formula is C16H20BrN3. The van der Waals surface area contributed by atoms with Gasteiger partial charge in [-0.25, -0.2) is 0 Å². The summed E-state index contributed by atoms with van der Waals surface area (Å²) in [6.07, 6.45) is 5.66. The van der Waals surface area contributed by atoms with Crippen LogP contribution in [-0.2, 0) is 13.0 Å². The van der Waals surface area contributed by atoms with E-state index >= 15 is 0 Å². The molecule has 1 aromatic carbocycles. The van der Waals surface area contributed by atoms with E-state index in [9.17, 15) is 0 Å². The lowest BCUT2D eigenvalue weighted by atomic mass is 9.93. The first-order valence-electron chi connectivity index (χ1n) is 7.31. The molecule has 2 aromatic rings. The van der Waals surface area contributed by atoms with Crippen molar-refractivity contribution in [3.8, 4) is 0 Å². The fraction of sp³-hybridized carbons (Fsp3) is 0.438. The van der Waals surface area contributed by atoms with Crippen molar-refractivity contribution >= 4 is 15.9 Å². The SMILES string of the molecule is CCNC1CCCc2c1cnn2Cc1ccccc1Br. The van der Waals surface area contributed by atoms with Crippen molar-refractivity contribution < 1.29 is 0 Å². The molecule has 106 valence electrons. The summed E-state index contributed by atoms with van der Waals surface area (Å²) in [4.78, 5) is 0. The number of hydrogen-bond donors (Lipinski definition) is 1. The maximum absolute atomic E-state index is 4.62. The summed E-state index contributed by atoms with van der Waals surface area (Å²) >= 11 is 3.62. The minimum atomic E-state index is 0.483. The Morgan fingerprint density at radius 1 is 1.40 bits per heavy atom. The van der Waals surface area contributed by atoms with Crippen molar-refractivity contribution in [1.29, 1.82) is 0 Å². The number of nitrogens with zero attached hydrogens (tertiary/aromatic N) is 2. The van der Waals surface area contributed by atoms with Crippen LogP contribution in [-0.4, -0.2) is 16.3 Å². The minimum absolute atomic E-state index is 0.483. The highest BCUT2D eigenvalue weighted by Gasteiger charge is 2.23. The van der Waals surface area contributed by atoms with E-state index < -0.39 is 0 Å². The maximum Gasteiger partial charge on any atom is 0.0673 e. The van der Waals surface area contributed by atoms with Gasteiger partial charge in [0.1, 0.15) is 0 Å². The lowest BCUT2D eigenvalue weighted by Crippen LogP contribution is -2.25. The zero-order valence-electron chi connectivity index (χ0n) is 11.8. The third-order valence-corrected chi connectivity index (χ3v) is 4.76. The average molecular weight is 334 g/mol. The second-order valence-corrected chi connectivity index (χ2v) is 6.15. The highest BCUT2D eigenvalue weighted by Crippen LogP contribution is 2.30. The van der Waals surface area contributed by atoms with Gasteiger partial charge in [0.15, 0.2) is 0 Å². The van der Waals surface area contributed by atoms with E-state index in [4.69, 9.17) is 0 Å². The van der Waals surface area contributed by atoms with Crippen molar-refractivity contribution in [2.24, 2.45) is 0 Å². The van der Waals surface area contributed by atoms with Crippen LogP contribution in [0.3, 0.4) is 0 Å². The summed E-state index contributed by atoms with van der Waals surface area (Å²) in [6.45, 7) is 4.02. The van der Waals surface area contributed by atoms with Crippen LogP contribution in [0.4, 0.5) is 0 Å². The molecule has 1 aliphatic carbocycles. The Balaban J connectivity index is 1.87. The molecule has 0 spiro atoms. The molecule has 0 bridgehead atoms. The van der Waals surface area contributed by atoms with E-state index in [0.29, 0.717) is 6.04 Å². The summed E-state index contributed by atoms with van der Waals surface area (Å²) in [6, 6.07) is 8.86. The second-order valence-electron chi connectivity index (χ2n) is 5.30. The predicted molar refractivity (Wildman–Crippen MR) is 84.8 cm³/mol. The molecule has 0 amide bonds. The Kier molecular flexibility index (Phi) is 4.22. The van der Waals surface area contributed by atoms with E-state index in [1.807, 2.05) is 6.07 Å². The van der Waals surface area contributed by atoms with E-state index in [1.165, 1.54) is 29.7 Å². The second kappa shape index (κ2) is 6.10. The highest BCUT2D eigenvalue weighted by atomic mass is 79.9. The van der Waals surface area contributed by atoms with Crippen molar-refractivity contribution in [2.75, 3.05) is 6.54 Å². The fourth-order valence-corrected chi connectivity index (χ4v) is 3.41. The van der Waals surface area contributed by atoms with E-state index in [-0.39, 0.29) is 0 Å². The molecule has 1 heterocycles. The van der Waals surface area contributed by atoms with Crippen molar-refractivity contribution in [2.45, 2.75) is 38.8 Å². The van der Waals surface area contributed by atoms with Gasteiger partial charge < -0.3 is 5.32 Å². The number of fused-ring (bicyclic) bond motifs is 1. The van der Waals surface area contributed by atoms with Crippen molar-refractivity contribution in [3.63, 3.8) is 0 Å². The molecule has 1 atom stereocenters. The summed E-state index contributed by atoms with van der Waals surface area (Å²) in [5.74, 6) is 0. The summed E-state index contributed by atoms with van der Waals surface area (Å²) in [7, 11) is 0.